The van der Waals surface area contributed by atoms with Crippen molar-refractivity contribution in [2.24, 2.45) is 0 Å². The molecule has 5 rings (SSSR count). The molecule has 0 saturated carbocycles. The van der Waals surface area contributed by atoms with Crippen molar-refractivity contribution < 1.29 is 9.26 Å². The summed E-state index contributed by atoms with van der Waals surface area (Å²) in [4.78, 5) is 4.63. The maximum atomic E-state index is 5.56. The number of hydrogen-bond acceptors (Lipinski definition) is 5. The third-order valence-corrected chi connectivity index (χ3v) is 5.78. The van der Waals surface area contributed by atoms with Crippen molar-refractivity contribution in [3.05, 3.63) is 120 Å². The van der Waals surface area contributed by atoms with Gasteiger partial charge in [0.2, 0.25) is 11.6 Å². The minimum absolute atomic E-state index is 0.457. The van der Waals surface area contributed by atoms with E-state index in [9.17, 15) is 0 Å². The number of nitrogens with zero attached hydrogens (tertiary/aromatic N) is 4. The molecule has 33 heavy (non-hydrogen) atoms. The fourth-order valence-electron chi connectivity index (χ4n) is 4.26. The Bertz CT molecular complexity index is 1230. The highest BCUT2D eigenvalue weighted by Crippen LogP contribution is 2.40. The molecule has 2 heterocycles. The molecule has 0 aliphatic heterocycles. The number of rotatable bonds is 7. The van der Waals surface area contributed by atoms with Crippen molar-refractivity contribution in [2.45, 2.75) is 19.4 Å². The molecule has 0 spiro atoms. The van der Waals surface area contributed by atoms with Crippen molar-refractivity contribution in [1.82, 2.24) is 19.9 Å². The van der Waals surface area contributed by atoms with Gasteiger partial charge < -0.3 is 9.26 Å². The van der Waals surface area contributed by atoms with Gasteiger partial charge in [0.05, 0.1) is 12.2 Å². The molecule has 0 radical (unpaired) electrons. The molecule has 0 bridgehead atoms. The first-order valence-corrected chi connectivity index (χ1v) is 10.9. The Hall–Kier alpha value is -4.19. The lowest BCUT2D eigenvalue weighted by molar-refractivity contribution is 0.295. The van der Waals surface area contributed by atoms with Crippen LogP contribution < -0.4 is 4.74 Å². The SMILES string of the molecule is CCOc1noc(-c2ncn(C(c3ccccc3)(c3ccccc3)c3ccccc3)n2)c1C. The van der Waals surface area contributed by atoms with Gasteiger partial charge in [-0.1, -0.05) is 91.0 Å². The van der Waals surface area contributed by atoms with Gasteiger partial charge in [-0.2, -0.15) is 0 Å². The third kappa shape index (κ3) is 3.49. The molecule has 0 unspecified atom stereocenters. The molecule has 164 valence electrons. The summed E-state index contributed by atoms with van der Waals surface area (Å²) in [7, 11) is 0. The van der Waals surface area contributed by atoms with Gasteiger partial charge in [-0.3, -0.25) is 0 Å². The summed E-state index contributed by atoms with van der Waals surface area (Å²) in [6, 6.07) is 31.0. The van der Waals surface area contributed by atoms with E-state index in [1.54, 1.807) is 6.33 Å². The van der Waals surface area contributed by atoms with Gasteiger partial charge in [0.1, 0.15) is 11.9 Å². The summed E-state index contributed by atoms with van der Waals surface area (Å²) >= 11 is 0. The van der Waals surface area contributed by atoms with Gasteiger partial charge in [-0.25, -0.2) is 9.67 Å². The maximum absolute atomic E-state index is 5.56. The second kappa shape index (κ2) is 8.74. The largest absolute Gasteiger partial charge is 0.476 e. The Kier molecular flexibility index (Phi) is 5.48. The van der Waals surface area contributed by atoms with Crippen LogP contribution in [0.15, 0.2) is 102 Å². The normalized spacial score (nSPS) is 11.5. The van der Waals surface area contributed by atoms with Gasteiger partial charge in [0.15, 0.2) is 0 Å². The zero-order valence-corrected chi connectivity index (χ0v) is 18.6. The fraction of sp³-hybridized carbons (Fsp3) is 0.148. The summed E-state index contributed by atoms with van der Waals surface area (Å²) < 4.78 is 13.0. The second-order valence-corrected chi connectivity index (χ2v) is 7.70. The van der Waals surface area contributed by atoms with Crippen molar-refractivity contribution in [1.29, 1.82) is 0 Å². The van der Waals surface area contributed by atoms with Gasteiger partial charge in [-0.15, -0.1) is 5.10 Å². The van der Waals surface area contributed by atoms with Crippen LogP contribution in [0.4, 0.5) is 0 Å². The molecule has 0 atom stereocenters. The van der Waals surface area contributed by atoms with Crippen LogP contribution in [0.3, 0.4) is 0 Å². The molecule has 5 aromatic rings. The smallest absolute Gasteiger partial charge is 0.257 e. The van der Waals surface area contributed by atoms with Crippen LogP contribution in [0.5, 0.6) is 5.88 Å². The lowest BCUT2D eigenvalue weighted by atomic mass is 9.77. The summed E-state index contributed by atoms with van der Waals surface area (Å²) in [5, 5.41) is 8.97. The van der Waals surface area contributed by atoms with E-state index in [0.29, 0.717) is 24.1 Å². The average Bonchev–Trinajstić information content (AvgIpc) is 3.49. The molecular weight excluding hydrogens is 412 g/mol. The van der Waals surface area contributed by atoms with E-state index >= 15 is 0 Å². The van der Waals surface area contributed by atoms with Gasteiger partial charge in [0, 0.05) is 0 Å². The Balaban J connectivity index is 1.76. The fourth-order valence-corrected chi connectivity index (χ4v) is 4.26. The van der Waals surface area contributed by atoms with Gasteiger partial charge >= 0.3 is 0 Å². The molecule has 0 amide bonds. The number of ether oxygens (including phenoxy) is 1. The summed E-state index contributed by atoms with van der Waals surface area (Å²) in [6.45, 7) is 4.32. The molecule has 0 fully saturated rings. The van der Waals surface area contributed by atoms with Gasteiger partial charge in [-0.05, 0) is 35.7 Å². The van der Waals surface area contributed by atoms with Crippen molar-refractivity contribution >= 4 is 0 Å². The Labute approximate surface area is 192 Å². The van der Waals surface area contributed by atoms with Crippen molar-refractivity contribution in [3.63, 3.8) is 0 Å². The standard InChI is InChI=1S/C27H24N4O2/c1-3-32-26-20(2)24(33-30-26)25-28-19-31(29-25)27(21-13-7-4-8-14-21,22-15-9-5-10-16-22)23-17-11-6-12-18-23/h4-19H,3H2,1-2H3. The lowest BCUT2D eigenvalue weighted by Gasteiger charge is -2.35. The summed E-state index contributed by atoms with van der Waals surface area (Å²) in [5.74, 6) is 1.42. The van der Waals surface area contributed by atoms with E-state index in [4.69, 9.17) is 14.4 Å². The minimum Gasteiger partial charge on any atom is -0.476 e. The molecule has 0 saturated heterocycles. The predicted molar refractivity (Wildman–Crippen MR) is 126 cm³/mol. The van der Waals surface area contributed by atoms with Crippen LogP contribution in [0.1, 0.15) is 29.2 Å². The first-order valence-electron chi connectivity index (χ1n) is 10.9. The van der Waals surface area contributed by atoms with E-state index in [1.807, 2.05) is 73.1 Å². The van der Waals surface area contributed by atoms with Gasteiger partial charge in [0.25, 0.3) is 5.88 Å². The Morgan fingerprint density at radius 2 is 1.33 bits per heavy atom. The third-order valence-electron chi connectivity index (χ3n) is 5.78. The number of benzene rings is 3. The van der Waals surface area contributed by atoms with E-state index in [1.165, 1.54) is 0 Å². The summed E-state index contributed by atoms with van der Waals surface area (Å²) in [5.41, 5.74) is 3.26. The number of aromatic nitrogens is 4. The quantitative estimate of drug-likeness (QED) is 0.316. The van der Waals surface area contributed by atoms with Crippen molar-refractivity contribution in [3.8, 4) is 17.5 Å². The first kappa shape index (κ1) is 20.7. The molecular formula is C27H24N4O2. The van der Waals surface area contributed by atoms with E-state index in [0.717, 1.165) is 22.3 Å². The lowest BCUT2D eigenvalue weighted by Crippen LogP contribution is -2.38. The van der Waals surface area contributed by atoms with E-state index in [2.05, 4.69) is 46.5 Å². The van der Waals surface area contributed by atoms with Crippen LogP contribution >= 0.6 is 0 Å². The molecule has 6 heteroatoms. The summed E-state index contributed by atoms with van der Waals surface area (Å²) in [6.07, 6.45) is 1.75. The monoisotopic (exact) mass is 436 g/mol. The molecule has 2 aromatic heterocycles. The van der Waals surface area contributed by atoms with E-state index in [-0.39, 0.29) is 0 Å². The highest BCUT2D eigenvalue weighted by Gasteiger charge is 2.40. The zero-order chi connectivity index (χ0) is 22.7. The minimum atomic E-state index is -0.730. The van der Waals surface area contributed by atoms with E-state index < -0.39 is 5.54 Å². The molecule has 0 N–H and O–H groups in total. The topological polar surface area (TPSA) is 66.0 Å². The zero-order valence-electron chi connectivity index (χ0n) is 18.6. The molecule has 0 aliphatic carbocycles. The highest BCUT2D eigenvalue weighted by molar-refractivity contribution is 5.55. The average molecular weight is 437 g/mol. The Morgan fingerprint density at radius 3 is 1.82 bits per heavy atom. The highest BCUT2D eigenvalue weighted by atomic mass is 16.5. The molecule has 3 aromatic carbocycles. The van der Waals surface area contributed by atoms with Crippen LogP contribution in [0, 0.1) is 6.92 Å². The predicted octanol–water partition coefficient (Wildman–Crippen LogP) is 5.48. The second-order valence-electron chi connectivity index (χ2n) is 7.70. The van der Waals surface area contributed by atoms with Crippen LogP contribution in [-0.4, -0.2) is 26.5 Å². The van der Waals surface area contributed by atoms with Crippen molar-refractivity contribution in [2.75, 3.05) is 6.61 Å². The van der Waals surface area contributed by atoms with Crippen LogP contribution in [0.25, 0.3) is 11.6 Å². The maximum Gasteiger partial charge on any atom is 0.257 e. The van der Waals surface area contributed by atoms with Crippen LogP contribution in [0.2, 0.25) is 0 Å². The molecule has 0 aliphatic rings. The molecule has 6 nitrogen and oxygen atoms in total. The first-order chi connectivity index (χ1) is 16.2. The number of hydrogen-bond donors (Lipinski definition) is 0. The van der Waals surface area contributed by atoms with Crippen LogP contribution in [-0.2, 0) is 5.54 Å². The Morgan fingerprint density at radius 1 is 0.818 bits per heavy atom.